The second kappa shape index (κ2) is 13.6. The van der Waals surface area contributed by atoms with Crippen molar-refractivity contribution in [2.45, 2.75) is 0 Å². The monoisotopic (exact) mass is 727 g/mol. The van der Waals surface area contributed by atoms with Crippen LogP contribution in [-0.4, -0.2) is 15.0 Å². The predicted molar refractivity (Wildman–Crippen MR) is 235 cm³/mol. The van der Waals surface area contributed by atoms with E-state index in [1.165, 1.54) is 38.4 Å². The van der Waals surface area contributed by atoms with Gasteiger partial charge in [0.15, 0.2) is 17.5 Å². The van der Waals surface area contributed by atoms with E-state index < -0.39 is 0 Å². The van der Waals surface area contributed by atoms with Crippen molar-refractivity contribution in [3.05, 3.63) is 200 Å². The summed E-state index contributed by atoms with van der Waals surface area (Å²) in [6.07, 6.45) is 0. The van der Waals surface area contributed by atoms with Crippen LogP contribution in [0, 0.1) is 0 Å². The molecule has 266 valence electrons. The van der Waals surface area contributed by atoms with Crippen molar-refractivity contribution in [1.29, 1.82) is 0 Å². The van der Waals surface area contributed by atoms with Crippen LogP contribution in [0.15, 0.2) is 205 Å². The fourth-order valence-corrected chi connectivity index (χ4v) is 8.07. The highest BCUT2D eigenvalue weighted by molar-refractivity contribution is 6.11. The fourth-order valence-electron chi connectivity index (χ4n) is 8.07. The Hall–Kier alpha value is -7.69. The summed E-state index contributed by atoms with van der Waals surface area (Å²) in [5.74, 6) is 1.81. The smallest absolute Gasteiger partial charge is 0.164 e. The zero-order chi connectivity index (χ0) is 37.7. The molecule has 4 nitrogen and oxygen atoms in total. The van der Waals surface area contributed by atoms with Gasteiger partial charge in [-0.3, -0.25) is 0 Å². The van der Waals surface area contributed by atoms with Crippen molar-refractivity contribution in [1.82, 2.24) is 15.0 Å². The Morgan fingerprint density at radius 3 is 1.67 bits per heavy atom. The molecule has 2 aromatic heterocycles. The number of rotatable bonds is 6. The SMILES string of the molecule is c1ccc(-c2cccc3cc(-c4nc(-c5cccc(-c6ccc(-c7ccc8ccccc8c7)cc6)c5)nc(-c5cccc6oc7ccccc7c56)n4)ccc23)cc1. The Kier molecular flexibility index (Phi) is 7.78. The number of hydrogen-bond donors (Lipinski definition) is 0. The van der Waals surface area contributed by atoms with Crippen LogP contribution in [0.25, 0.3) is 111 Å². The Balaban J connectivity index is 1.04. The molecule has 11 rings (SSSR count). The first kappa shape index (κ1) is 32.7. The molecule has 0 amide bonds. The number of hydrogen-bond acceptors (Lipinski definition) is 4. The summed E-state index contributed by atoms with van der Waals surface area (Å²) in [5.41, 5.74) is 11.3. The molecule has 0 aliphatic rings. The summed E-state index contributed by atoms with van der Waals surface area (Å²) in [6.45, 7) is 0. The van der Waals surface area contributed by atoms with Gasteiger partial charge in [-0.2, -0.15) is 0 Å². The number of fused-ring (bicyclic) bond motifs is 5. The molecule has 2 heterocycles. The maximum Gasteiger partial charge on any atom is 0.164 e. The summed E-state index contributed by atoms with van der Waals surface area (Å²) >= 11 is 0. The second-order valence-electron chi connectivity index (χ2n) is 14.4. The number of benzene rings is 9. The zero-order valence-electron chi connectivity index (χ0n) is 30.8. The van der Waals surface area contributed by atoms with Crippen LogP contribution in [0.2, 0.25) is 0 Å². The molecule has 11 aromatic rings. The minimum atomic E-state index is 0.593. The number of para-hydroxylation sites is 1. The fraction of sp³-hybridized carbons (Fsp3) is 0. The molecule has 4 heteroatoms. The van der Waals surface area contributed by atoms with Gasteiger partial charge in [-0.05, 0) is 85.3 Å². The molecule has 0 saturated carbocycles. The zero-order valence-corrected chi connectivity index (χ0v) is 30.8. The first-order valence-electron chi connectivity index (χ1n) is 19.2. The molecule has 0 aliphatic carbocycles. The summed E-state index contributed by atoms with van der Waals surface area (Å²) in [5, 5.41) is 6.79. The molecular weight excluding hydrogens is 695 g/mol. The van der Waals surface area contributed by atoms with E-state index in [1.807, 2.05) is 36.4 Å². The van der Waals surface area contributed by atoms with Crippen molar-refractivity contribution in [2.75, 3.05) is 0 Å². The third-order valence-corrected chi connectivity index (χ3v) is 10.9. The molecule has 57 heavy (non-hydrogen) atoms. The van der Waals surface area contributed by atoms with Gasteiger partial charge in [0.1, 0.15) is 11.2 Å². The summed E-state index contributed by atoms with van der Waals surface area (Å²) in [4.78, 5) is 15.6. The van der Waals surface area contributed by atoms with Crippen LogP contribution in [0.4, 0.5) is 0 Å². The Morgan fingerprint density at radius 1 is 0.281 bits per heavy atom. The minimum absolute atomic E-state index is 0.593. The van der Waals surface area contributed by atoms with Gasteiger partial charge in [0.25, 0.3) is 0 Å². The van der Waals surface area contributed by atoms with Crippen LogP contribution in [-0.2, 0) is 0 Å². The van der Waals surface area contributed by atoms with E-state index in [0.29, 0.717) is 17.5 Å². The maximum atomic E-state index is 6.29. The average Bonchev–Trinajstić information content (AvgIpc) is 3.68. The highest BCUT2D eigenvalue weighted by Crippen LogP contribution is 2.38. The van der Waals surface area contributed by atoms with Gasteiger partial charge < -0.3 is 4.42 Å². The van der Waals surface area contributed by atoms with Crippen LogP contribution >= 0.6 is 0 Å². The van der Waals surface area contributed by atoms with Gasteiger partial charge in [-0.15, -0.1) is 0 Å². The standard InChI is InChI=1S/C53H33N3O/c1-2-12-37(13-3-1)44-19-9-16-41-33-43(29-30-45(41)44)52-54-51(55-53(56-52)47-20-10-22-49-50(47)46-18-6-7-21-48(46)57-49)42-17-8-15-39(32-42)35-23-25-36(26-24-35)40-28-27-34-11-4-5-14-38(34)31-40/h1-33H. The molecule has 9 aromatic carbocycles. The molecule has 0 fully saturated rings. The average molecular weight is 728 g/mol. The van der Waals surface area contributed by atoms with Gasteiger partial charge >= 0.3 is 0 Å². The van der Waals surface area contributed by atoms with Crippen molar-refractivity contribution >= 4 is 43.5 Å². The number of nitrogens with zero attached hydrogens (tertiary/aromatic N) is 3. The molecule has 0 N–H and O–H groups in total. The van der Waals surface area contributed by atoms with Gasteiger partial charge in [-0.25, -0.2) is 15.0 Å². The third-order valence-electron chi connectivity index (χ3n) is 10.9. The quantitative estimate of drug-likeness (QED) is 0.171. The molecule has 0 aliphatic heterocycles. The lowest BCUT2D eigenvalue weighted by Crippen LogP contribution is -2.00. The van der Waals surface area contributed by atoms with Crippen LogP contribution in [0.3, 0.4) is 0 Å². The molecule has 0 unspecified atom stereocenters. The van der Waals surface area contributed by atoms with Gasteiger partial charge in [0.2, 0.25) is 0 Å². The molecule has 0 bridgehead atoms. The maximum absolute atomic E-state index is 6.29. The van der Waals surface area contributed by atoms with E-state index in [-0.39, 0.29) is 0 Å². The Labute approximate surface area is 329 Å². The normalized spacial score (nSPS) is 11.5. The van der Waals surface area contributed by atoms with Crippen molar-refractivity contribution in [2.24, 2.45) is 0 Å². The lowest BCUT2D eigenvalue weighted by molar-refractivity contribution is 0.669. The lowest BCUT2D eigenvalue weighted by atomic mass is 9.97. The Bertz CT molecular complexity index is 3290. The molecular formula is C53H33N3O. The predicted octanol–water partition coefficient (Wildman–Crippen LogP) is 14.1. The number of furan rings is 1. The van der Waals surface area contributed by atoms with Crippen molar-refractivity contribution < 1.29 is 4.42 Å². The topological polar surface area (TPSA) is 51.8 Å². The van der Waals surface area contributed by atoms with E-state index >= 15 is 0 Å². The van der Waals surface area contributed by atoms with Gasteiger partial charge in [0, 0.05) is 27.5 Å². The molecule has 0 spiro atoms. The summed E-state index contributed by atoms with van der Waals surface area (Å²) in [6, 6.07) is 70.0. The van der Waals surface area contributed by atoms with E-state index in [0.717, 1.165) is 55.1 Å². The molecule has 0 radical (unpaired) electrons. The molecule has 0 saturated heterocycles. The van der Waals surface area contributed by atoms with Crippen molar-refractivity contribution in [3.8, 4) is 67.5 Å². The highest BCUT2D eigenvalue weighted by atomic mass is 16.3. The van der Waals surface area contributed by atoms with Gasteiger partial charge in [-0.1, -0.05) is 170 Å². The third kappa shape index (κ3) is 5.92. The van der Waals surface area contributed by atoms with E-state index in [2.05, 4.69) is 164 Å². The van der Waals surface area contributed by atoms with Crippen LogP contribution in [0.5, 0.6) is 0 Å². The summed E-state index contributed by atoms with van der Waals surface area (Å²) in [7, 11) is 0. The minimum Gasteiger partial charge on any atom is -0.456 e. The lowest BCUT2D eigenvalue weighted by Gasteiger charge is -2.12. The first-order valence-corrected chi connectivity index (χ1v) is 19.2. The van der Waals surface area contributed by atoms with Gasteiger partial charge in [0.05, 0.1) is 0 Å². The summed E-state index contributed by atoms with van der Waals surface area (Å²) < 4.78 is 6.29. The van der Waals surface area contributed by atoms with Crippen LogP contribution in [0.1, 0.15) is 0 Å². The van der Waals surface area contributed by atoms with Crippen molar-refractivity contribution in [3.63, 3.8) is 0 Å². The highest BCUT2D eigenvalue weighted by Gasteiger charge is 2.18. The van der Waals surface area contributed by atoms with E-state index in [4.69, 9.17) is 19.4 Å². The first-order chi connectivity index (χ1) is 28.2. The van der Waals surface area contributed by atoms with E-state index in [9.17, 15) is 0 Å². The largest absolute Gasteiger partial charge is 0.456 e. The van der Waals surface area contributed by atoms with Crippen LogP contribution < -0.4 is 0 Å². The van der Waals surface area contributed by atoms with E-state index in [1.54, 1.807) is 0 Å². The second-order valence-corrected chi connectivity index (χ2v) is 14.4. The Morgan fingerprint density at radius 2 is 0.825 bits per heavy atom. The number of aromatic nitrogens is 3. The molecule has 0 atom stereocenters.